The number of carbonyl (C=O) groups is 1. The van der Waals surface area contributed by atoms with Crippen LogP contribution in [0.5, 0.6) is 0 Å². The van der Waals surface area contributed by atoms with Gasteiger partial charge in [0.05, 0.1) is 18.2 Å². The largest absolute Gasteiger partial charge is 0.334 e. The molecule has 4 rings (SSSR count). The van der Waals surface area contributed by atoms with Crippen molar-refractivity contribution in [2.75, 3.05) is 6.54 Å². The monoisotopic (exact) mass is 365 g/mol. The number of nitrogens with zero attached hydrogens (tertiary/aromatic N) is 4. The first-order chi connectivity index (χ1) is 13.1. The Hall–Kier alpha value is -2.96. The molecule has 7 nitrogen and oxygen atoms in total. The molecule has 3 aromatic rings. The Kier molecular flexibility index (Phi) is 4.51. The van der Waals surface area contributed by atoms with E-state index in [1.165, 1.54) is 4.52 Å². The van der Waals surface area contributed by atoms with Crippen LogP contribution >= 0.6 is 0 Å². The molecule has 0 aliphatic carbocycles. The number of amides is 1. The number of fused-ring (bicyclic) bond motifs is 1. The molecule has 1 aliphatic rings. The van der Waals surface area contributed by atoms with E-state index in [1.54, 1.807) is 6.20 Å². The van der Waals surface area contributed by atoms with Gasteiger partial charge in [0.1, 0.15) is 0 Å². The number of hydrogen-bond donors (Lipinski definition) is 1. The number of pyridine rings is 1. The molecule has 140 valence electrons. The van der Waals surface area contributed by atoms with Gasteiger partial charge in [-0.3, -0.25) is 19.7 Å². The average Bonchev–Trinajstić information content (AvgIpc) is 3.29. The minimum atomic E-state index is -0.0623. The summed E-state index contributed by atoms with van der Waals surface area (Å²) in [4.78, 5) is 36.2. The summed E-state index contributed by atoms with van der Waals surface area (Å²) in [6, 6.07) is 7.43. The van der Waals surface area contributed by atoms with Gasteiger partial charge < -0.3 is 4.90 Å². The van der Waals surface area contributed by atoms with Gasteiger partial charge in [0, 0.05) is 35.8 Å². The molecule has 27 heavy (non-hydrogen) atoms. The summed E-state index contributed by atoms with van der Waals surface area (Å²) in [5, 5.41) is 3.19. The molecule has 1 unspecified atom stereocenters. The van der Waals surface area contributed by atoms with E-state index in [1.807, 2.05) is 43.0 Å². The van der Waals surface area contributed by atoms with Crippen molar-refractivity contribution < 1.29 is 4.79 Å². The Morgan fingerprint density at radius 2 is 2.22 bits per heavy atom. The van der Waals surface area contributed by atoms with Crippen LogP contribution in [-0.2, 0) is 17.6 Å². The number of nitrogens with one attached hydrogen (secondary N) is 1. The Labute approximate surface area is 157 Å². The second-order valence-electron chi connectivity index (χ2n) is 6.98. The Bertz CT molecular complexity index is 1040. The maximum Gasteiger partial charge on any atom is 0.276 e. The van der Waals surface area contributed by atoms with E-state index < -0.39 is 0 Å². The molecule has 1 aliphatic heterocycles. The maximum atomic E-state index is 12.8. The van der Waals surface area contributed by atoms with Crippen LogP contribution in [0.15, 0.2) is 35.3 Å². The molecule has 1 fully saturated rings. The number of aromatic nitrogens is 4. The number of H-pyrrole nitrogens is 1. The van der Waals surface area contributed by atoms with Gasteiger partial charge in [-0.1, -0.05) is 13.0 Å². The first-order valence-electron chi connectivity index (χ1n) is 9.39. The molecule has 0 bridgehead atoms. The molecule has 1 N–H and O–H groups in total. The fourth-order valence-electron chi connectivity index (χ4n) is 3.91. The van der Waals surface area contributed by atoms with Crippen molar-refractivity contribution in [1.29, 1.82) is 0 Å². The lowest BCUT2D eigenvalue weighted by Gasteiger charge is -2.23. The summed E-state index contributed by atoms with van der Waals surface area (Å²) < 4.78 is 1.50. The van der Waals surface area contributed by atoms with Crippen molar-refractivity contribution in [3.05, 3.63) is 63.5 Å². The van der Waals surface area contributed by atoms with Gasteiger partial charge in [-0.25, -0.2) is 9.50 Å². The fourth-order valence-corrected chi connectivity index (χ4v) is 3.91. The molecule has 1 amide bonds. The van der Waals surface area contributed by atoms with Crippen molar-refractivity contribution in [1.82, 2.24) is 24.5 Å². The van der Waals surface area contributed by atoms with Crippen LogP contribution in [0.25, 0.3) is 5.65 Å². The molecular weight excluding hydrogens is 342 g/mol. The third-order valence-electron chi connectivity index (χ3n) is 5.28. The molecule has 7 heteroatoms. The summed E-state index contributed by atoms with van der Waals surface area (Å²) in [5.74, 6) is 0.0561. The molecule has 0 radical (unpaired) electrons. The highest BCUT2D eigenvalue weighted by Crippen LogP contribution is 2.31. The van der Waals surface area contributed by atoms with Gasteiger partial charge in [-0.15, -0.1) is 0 Å². The minimum absolute atomic E-state index is 0.0561. The lowest BCUT2D eigenvalue weighted by molar-refractivity contribution is -0.131. The zero-order chi connectivity index (χ0) is 19.0. The smallest absolute Gasteiger partial charge is 0.276 e. The second kappa shape index (κ2) is 6.98. The average molecular weight is 365 g/mol. The first-order valence-corrected chi connectivity index (χ1v) is 9.39. The van der Waals surface area contributed by atoms with E-state index >= 15 is 0 Å². The first kappa shape index (κ1) is 17.5. The van der Waals surface area contributed by atoms with E-state index in [-0.39, 0.29) is 23.9 Å². The Morgan fingerprint density at radius 1 is 1.37 bits per heavy atom. The highest BCUT2D eigenvalue weighted by molar-refractivity contribution is 5.79. The summed E-state index contributed by atoms with van der Waals surface area (Å²) in [6.45, 7) is 4.54. The highest BCUT2D eigenvalue weighted by Gasteiger charge is 2.31. The zero-order valence-corrected chi connectivity index (χ0v) is 15.6. The van der Waals surface area contributed by atoms with Gasteiger partial charge in [-0.2, -0.15) is 0 Å². The molecule has 1 saturated heterocycles. The topological polar surface area (TPSA) is 83.4 Å². The van der Waals surface area contributed by atoms with E-state index in [2.05, 4.69) is 15.1 Å². The standard InChI is InChI=1S/C20H23N5O2/c1-3-15-13(2)22-18-12-16(23-25(18)20(15)27)17-8-6-10-24(17)19(26)11-14-7-4-5-9-21-14/h4-5,7,9,12,17,23H,3,6,8,10-11H2,1-2H3. The van der Waals surface area contributed by atoms with Crippen molar-refractivity contribution in [3.63, 3.8) is 0 Å². The summed E-state index contributed by atoms with van der Waals surface area (Å²) >= 11 is 0. The Balaban J connectivity index is 1.65. The molecule has 1 atom stereocenters. The van der Waals surface area contributed by atoms with E-state index in [9.17, 15) is 9.59 Å². The van der Waals surface area contributed by atoms with Crippen molar-refractivity contribution in [3.8, 4) is 0 Å². The van der Waals surface area contributed by atoms with Gasteiger partial charge in [0.2, 0.25) is 5.91 Å². The third kappa shape index (κ3) is 3.13. The van der Waals surface area contributed by atoms with Gasteiger partial charge in [-0.05, 0) is 38.3 Å². The maximum absolute atomic E-state index is 12.8. The lowest BCUT2D eigenvalue weighted by Crippen LogP contribution is -2.32. The highest BCUT2D eigenvalue weighted by atomic mass is 16.2. The quantitative estimate of drug-likeness (QED) is 0.768. The van der Waals surface area contributed by atoms with Crippen LogP contribution in [0, 0.1) is 6.92 Å². The third-order valence-corrected chi connectivity index (χ3v) is 5.28. The molecule has 0 saturated carbocycles. The van der Waals surface area contributed by atoms with Crippen LogP contribution < -0.4 is 5.56 Å². The fraction of sp³-hybridized carbons (Fsp3) is 0.400. The van der Waals surface area contributed by atoms with Crippen molar-refractivity contribution >= 4 is 11.6 Å². The van der Waals surface area contributed by atoms with Crippen LogP contribution in [0.1, 0.15) is 48.5 Å². The number of likely N-dealkylation sites (tertiary alicyclic amines) is 1. The number of aryl methyl sites for hydroxylation is 1. The van der Waals surface area contributed by atoms with Crippen molar-refractivity contribution in [2.24, 2.45) is 0 Å². The van der Waals surface area contributed by atoms with Gasteiger partial charge in [0.15, 0.2) is 5.65 Å². The van der Waals surface area contributed by atoms with Crippen molar-refractivity contribution in [2.45, 2.75) is 45.6 Å². The summed E-state index contributed by atoms with van der Waals surface area (Å²) in [5.41, 5.74) is 3.66. The van der Waals surface area contributed by atoms with E-state index in [0.29, 0.717) is 18.6 Å². The summed E-state index contributed by atoms with van der Waals surface area (Å²) in [6.07, 6.45) is 4.44. The SMILES string of the molecule is CCc1c(C)nc2cc(C3CCCN3C(=O)Cc3ccccn3)[nH]n2c1=O. The van der Waals surface area contributed by atoms with E-state index in [0.717, 1.165) is 35.5 Å². The number of carbonyl (C=O) groups excluding carboxylic acids is 1. The van der Waals surface area contributed by atoms with Crippen LogP contribution in [-0.4, -0.2) is 36.9 Å². The zero-order valence-electron chi connectivity index (χ0n) is 15.6. The predicted octanol–water partition coefficient (Wildman–Crippen LogP) is 2.19. The van der Waals surface area contributed by atoms with Gasteiger partial charge >= 0.3 is 0 Å². The van der Waals surface area contributed by atoms with Crippen LogP contribution in [0.2, 0.25) is 0 Å². The number of hydrogen-bond acceptors (Lipinski definition) is 4. The summed E-state index contributed by atoms with van der Waals surface area (Å²) in [7, 11) is 0. The van der Waals surface area contributed by atoms with Crippen LogP contribution in [0.3, 0.4) is 0 Å². The molecule has 4 heterocycles. The minimum Gasteiger partial charge on any atom is -0.334 e. The number of rotatable bonds is 4. The molecule has 0 spiro atoms. The molecular formula is C20H23N5O2. The Morgan fingerprint density at radius 3 is 2.96 bits per heavy atom. The predicted molar refractivity (Wildman–Crippen MR) is 102 cm³/mol. The molecule has 3 aromatic heterocycles. The van der Waals surface area contributed by atoms with E-state index in [4.69, 9.17) is 0 Å². The normalized spacial score (nSPS) is 17.0. The number of aromatic amines is 1. The van der Waals surface area contributed by atoms with Gasteiger partial charge in [0.25, 0.3) is 5.56 Å². The second-order valence-corrected chi connectivity index (χ2v) is 6.98. The lowest BCUT2D eigenvalue weighted by atomic mass is 10.1. The van der Waals surface area contributed by atoms with Crippen LogP contribution in [0.4, 0.5) is 0 Å². The molecule has 0 aromatic carbocycles.